The molecule has 21 heavy (non-hydrogen) atoms. The summed E-state index contributed by atoms with van der Waals surface area (Å²) >= 11 is 0. The van der Waals surface area contributed by atoms with E-state index >= 15 is 0 Å². The number of rotatable bonds is 3. The van der Waals surface area contributed by atoms with E-state index < -0.39 is 0 Å². The number of hydrogen-bond donors (Lipinski definition) is 2. The number of carbonyl (C=O) groups is 1. The van der Waals surface area contributed by atoms with E-state index in [2.05, 4.69) is 27.8 Å². The van der Waals surface area contributed by atoms with E-state index in [4.69, 9.17) is 4.42 Å². The first-order valence-electron chi connectivity index (χ1n) is 7.06. The third-order valence-electron chi connectivity index (χ3n) is 3.92. The Morgan fingerprint density at radius 2 is 2.33 bits per heavy atom. The molecule has 0 bridgehead atoms. The molecule has 1 amide bonds. The van der Waals surface area contributed by atoms with Gasteiger partial charge in [0.25, 0.3) is 0 Å². The largest absolute Gasteiger partial charge is 0.423 e. The molecule has 0 saturated carbocycles. The highest BCUT2D eigenvalue weighted by Gasteiger charge is 2.29. The molecule has 2 atom stereocenters. The monoisotopic (exact) mass is 286 g/mol. The van der Waals surface area contributed by atoms with Gasteiger partial charge in [0.1, 0.15) is 0 Å². The van der Waals surface area contributed by atoms with Crippen molar-refractivity contribution in [1.82, 2.24) is 15.5 Å². The average molecular weight is 286 g/mol. The normalized spacial score (nSPS) is 21.4. The van der Waals surface area contributed by atoms with Gasteiger partial charge in [-0.05, 0) is 43.5 Å². The van der Waals surface area contributed by atoms with E-state index in [0.717, 1.165) is 29.8 Å². The lowest BCUT2D eigenvalue weighted by Crippen LogP contribution is -2.39. The molecule has 0 radical (unpaired) electrons. The van der Waals surface area contributed by atoms with Gasteiger partial charge in [0.15, 0.2) is 0 Å². The molecule has 2 unspecified atom stereocenters. The van der Waals surface area contributed by atoms with Gasteiger partial charge in [-0.15, -0.1) is 10.2 Å². The first-order valence-corrected chi connectivity index (χ1v) is 7.06. The predicted molar refractivity (Wildman–Crippen MR) is 78.7 cm³/mol. The molecule has 1 aliphatic rings. The molecule has 2 aromatic rings. The minimum atomic E-state index is -0.128. The number of aryl methyl sites for hydroxylation is 1. The zero-order valence-electron chi connectivity index (χ0n) is 12.1. The maximum absolute atomic E-state index is 12.4. The summed E-state index contributed by atoms with van der Waals surface area (Å²) in [6.07, 6.45) is 2.32. The minimum absolute atomic E-state index is 0.00535. The van der Waals surface area contributed by atoms with E-state index in [1.165, 1.54) is 6.39 Å². The van der Waals surface area contributed by atoms with E-state index in [1.807, 2.05) is 25.1 Å². The first-order chi connectivity index (χ1) is 10.1. The Balaban J connectivity index is 1.81. The maximum Gasteiger partial charge on any atom is 0.247 e. The highest BCUT2D eigenvalue weighted by Crippen LogP contribution is 2.25. The van der Waals surface area contributed by atoms with Crippen molar-refractivity contribution >= 4 is 11.6 Å². The fourth-order valence-corrected chi connectivity index (χ4v) is 2.58. The SMILES string of the molecule is Cc1ccc(-c2nnco2)cc1NC(=O)C1NCCC1C. The van der Waals surface area contributed by atoms with Gasteiger partial charge >= 0.3 is 0 Å². The summed E-state index contributed by atoms with van der Waals surface area (Å²) in [5.74, 6) is 0.799. The third-order valence-corrected chi connectivity index (χ3v) is 3.92. The quantitative estimate of drug-likeness (QED) is 0.902. The molecular weight excluding hydrogens is 268 g/mol. The molecule has 2 heterocycles. The van der Waals surface area contributed by atoms with Crippen molar-refractivity contribution in [2.45, 2.75) is 26.3 Å². The number of nitrogens with zero attached hydrogens (tertiary/aromatic N) is 2. The van der Waals surface area contributed by atoms with Crippen molar-refractivity contribution in [2.75, 3.05) is 11.9 Å². The van der Waals surface area contributed by atoms with Crippen LogP contribution in [0.1, 0.15) is 18.9 Å². The summed E-state index contributed by atoms with van der Waals surface area (Å²) in [6.45, 7) is 4.94. The lowest BCUT2D eigenvalue weighted by Gasteiger charge is -2.17. The van der Waals surface area contributed by atoms with E-state index in [-0.39, 0.29) is 11.9 Å². The molecule has 1 aromatic heterocycles. The molecular formula is C15H18N4O2. The Morgan fingerprint density at radius 1 is 1.48 bits per heavy atom. The Hall–Kier alpha value is -2.21. The fourth-order valence-electron chi connectivity index (χ4n) is 2.58. The Kier molecular flexibility index (Phi) is 3.70. The van der Waals surface area contributed by atoms with Gasteiger partial charge in [0, 0.05) is 11.3 Å². The van der Waals surface area contributed by atoms with Crippen LogP contribution < -0.4 is 10.6 Å². The van der Waals surface area contributed by atoms with Crippen LogP contribution in [0.3, 0.4) is 0 Å². The van der Waals surface area contributed by atoms with Crippen molar-refractivity contribution < 1.29 is 9.21 Å². The summed E-state index contributed by atoms with van der Waals surface area (Å²) < 4.78 is 5.19. The van der Waals surface area contributed by atoms with Crippen molar-refractivity contribution in [2.24, 2.45) is 5.92 Å². The van der Waals surface area contributed by atoms with Crippen LogP contribution in [-0.4, -0.2) is 28.7 Å². The summed E-state index contributed by atoms with van der Waals surface area (Å²) in [5.41, 5.74) is 2.56. The number of aromatic nitrogens is 2. The van der Waals surface area contributed by atoms with E-state index in [9.17, 15) is 4.79 Å². The van der Waals surface area contributed by atoms with Crippen molar-refractivity contribution in [3.63, 3.8) is 0 Å². The number of nitrogens with one attached hydrogen (secondary N) is 2. The van der Waals surface area contributed by atoms with Gasteiger partial charge in [0.05, 0.1) is 6.04 Å². The minimum Gasteiger partial charge on any atom is -0.423 e. The van der Waals surface area contributed by atoms with E-state index in [1.54, 1.807) is 0 Å². The summed E-state index contributed by atoms with van der Waals surface area (Å²) in [4.78, 5) is 12.4. The lowest BCUT2D eigenvalue weighted by atomic mass is 10.0. The predicted octanol–water partition coefficient (Wildman–Crippen LogP) is 1.98. The van der Waals surface area contributed by atoms with Gasteiger partial charge in [-0.3, -0.25) is 4.79 Å². The van der Waals surface area contributed by atoms with E-state index in [0.29, 0.717) is 11.8 Å². The summed E-state index contributed by atoms with van der Waals surface area (Å²) in [7, 11) is 0. The summed E-state index contributed by atoms with van der Waals surface area (Å²) in [5, 5.41) is 13.8. The second-order valence-electron chi connectivity index (χ2n) is 5.46. The molecule has 0 spiro atoms. The second kappa shape index (κ2) is 5.65. The number of benzene rings is 1. The first kappa shape index (κ1) is 13.8. The molecule has 3 rings (SSSR count). The lowest BCUT2D eigenvalue weighted by molar-refractivity contribution is -0.118. The zero-order valence-corrected chi connectivity index (χ0v) is 12.1. The van der Waals surface area contributed by atoms with Crippen LogP contribution in [0.4, 0.5) is 5.69 Å². The number of hydrogen-bond acceptors (Lipinski definition) is 5. The second-order valence-corrected chi connectivity index (χ2v) is 5.46. The highest BCUT2D eigenvalue weighted by molar-refractivity contribution is 5.96. The van der Waals surface area contributed by atoms with Crippen LogP contribution in [0.5, 0.6) is 0 Å². The Bertz CT molecular complexity index is 639. The van der Waals surface area contributed by atoms with Gasteiger partial charge in [0.2, 0.25) is 18.2 Å². The topological polar surface area (TPSA) is 80.1 Å². The van der Waals surface area contributed by atoms with Crippen molar-refractivity contribution in [3.8, 4) is 11.5 Å². The number of anilines is 1. The fraction of sp³-hybridized carbons (Fsp3) is 0.400. The van der Waals surface area contributed by atoms with Gasteiger partial charge in [-0.25, -0.2) is 0 Å². The van der Waals surface area contributed by atoms with Crippen molar-refractivity contribution in [3.05, 3.63) is 30.2 Å². The molecule has 1 aromatic carbocycles. The van der Waals surface area contributed by atoms with Gasteiger partial charge < -0.3 is 15.1 Å². The van der Waals surface area contributed by atoms with Crippen LogP contribution in [0.2, 0.25) is 0 Å². The molecule has 1 aliphatic heterocycles. The Labute approximate surface area is 123 Å². The van der Waals surface area contributed by atoms with Crippen LogP contribution in [0.15, 0.2) is 29.0 Å². The number of amides is 1. The van der Waals surface area contributed by atoms with Crippen LogP contribution >= 0.6 is 0 Å². The van der Waals surface area contributed by atoms with Crippen LogP contribution in [0, 0.1) is 12.8 Å². The molecule has 2 N–H and O–H groups in total. The average Bonchev–Trinajstić information content (AvgIpc) is 3.12. The molecule has 6 nitrogen and oxygen atoms in total. The molecule has 110 valence electrons. The summed E-state index contributed by atoms with van der Waals surface area (Å²) in [6, 6.07) is 5.56. The van der Waals surface area contributed by atoms with Gasteiger partial charge in [-0.1, -0.05) is 13.0 Å². The molecule has 1 fully saturated rings. The number of carbonyl (C=O) groups excluding carboxylic acids is 1. The maximum atomic E-state index is 12.4. The zero-order chi connectivity index (χ0) is 14.8. The highest BCUT2D eigenvalue weighted by atomic mass is 16.4. The molecule has 0 aliphatic carbocycles. The third kappa shape index (κ3) is 2.80. The Morgan fingerprint density at radius 3 is 3.00 bits per heavy atom. The van der Waals surface area contributed by atoms with Crippen LogP contribution in [0.25, 0.3) is 11.5 Å². The molecule has 1 saturated heterocycles. The smallest absolute Gasteiger partial charge is 0.247 e. The van der Waals surface area contributed by atoms with Crippen LogP contribution in [-0.2, 0) is 4.79 Å². The molecule has 6 heteroatoms. The van der Waals surface area contributed by atoms with Crippen molar-refractivity contribution in [1.29, 1.82) is 0 Å². The standard InChI is InChI=1S/C15H18N4O2/c1-9-3-4-11(15-19-17-8-21-15)7-12(9)18-14(20)13-10(2)5-6-16-13/h3-4,7-8,10,13,16H,5-6H2,1-2H3,(H,18,20). The van der Waals surface area contributed by atoms with Gasteiger partial charge in [-0.2, -0.15) is 0 Å².